The average molecular weight is 341 g/mol. The first-order valence-electron chi connectivity index (χ1n) is 5.52. The standard InChI is InChI=1S/C13H13BrN2S2/c14-12-8-9(3-4-11(12)13(15)17)16-6-5-10-2-1-7-18-10/h1-4,7-8,16H,5-6H2,(H2,15,17). The van der Waals surface area contributed by atoms with Crippen molar-refractivity contribution in [3.05, 3.63) is 50.6 Å². The molecular formula is C13H13BrN2S2. The zero-order valence-electron chi connectivity index (χ0n) is 9.65. The second kappa shape index (κ2) is 6.31. The van der Waals surface area contributed by atoms with Gasteiger partial charge in [-0.05, 0) is 52.0 Å². The van der Waals surface area contributed by atoms with E-state index in [2.05, 4.69) is 38.8 Å². The highest BCUT2D eigenvalue weighted by molar-refractivity contribution is 9.10. The van der Waals surface area contributed by atoms with Gasteiger partial charge in [-0.2, -0.15) is 0 Å². The topological polar surface area (TPSA) is 38.0 Å². The Hall–Kier alpha value is -0.910. The van der Waals surface area contributed by atoms with Crippen molar-refractivity contribution >= 4 is 50.2 Å². The molecule has 5 heteroatoms. The van der Waals surface area contributed by atoms with Gasteiger partial charge < -0.3 is 11.1 Å². The second-order valence-corrected chi connectivity index (χ2v) is 6.14. The van der Waals surface area contributed by atoms with Crippen LogP contribution in [-0.2, 0) is 6.42 Å². The average Bonchev–Trinajstić information content (AvgIpc) is 2.81. The van der Waals surface area contributed by atoms with Crippen molar-refractivity contribution in [2.24, 2.45) is 5.73 Å². The van der Waals surface area contributed by atoms with Gasteiger partial charge in [0.2, 0.25) is 0 Å². The molecule has 2 aromatic rings. The highest BCUT2D eigenvalue weighted by Gasteiger charge is 2.03. The largest absolute Gasteiger partial charge is 0.389 e. The quantitative estimate of drug-likeness (QED) is 0.813. The van der Waals surface area contributed by atoms with Gasteiger partial charge in [0.05, 0.1) is 0 Å². The monoisotopic (exact) mass is 340 g/mol. The normalized spacial score (nSPS) is 10.3. The highest BCUT2D eigenvalue weighted by atomic mass is 79.9. The fourth-order valence-electron chi connectivity index (χ4n) is 1.61. The molecule has 0 unspecified atom stereocenters. The fraction of sp³-hybridized carbons (Fsp3) is 0.154. The predicted molar refractivity (Wildman–Crippen MR) is 86.5 cm³/mol. The molecule has 0 atom stereocenters. The van der Waals surface area contributed by atoms with E-state index in [1.807, 2.05) is 18.2 Å². The van der Waals surface area contributed by atoms with Crippen LogP contribution in [-0.4, -0.2) is 11.5 Å². The molecule has 0 radical (unpaired) electrons. The molecule has 0 saturated heterocycles. The van der Waals surface area contributed by atoms with Crippen LogP contribution in [0.15, 0.2) is 40.2 Å². The zero-order valence-corrected chi connectivity index (χ0v) is 12.9. The summed E-state index contributed by atoms with van der Waals surface area (Å²) < 4.78 is 0.927. The van der Waals surface area contributed by atoms with Crippen LogP contribution in [0.5, 0.6) is 0 Å². The van der Waals surface area contributed by atoms with E-state index in [0.29, 0.717) is 4.99 Å². The van der Waals surface area contributed by atoms with Gasteiger partial charge in [0.1, 0.15) is 4.99 Å². The predicted octanol–water partition coefficient (Wildman–Crippen LogP) is 3.80. The lowest BCUT2D eigenvalue weighted by molar-refractivity contribution is 1.04. The number of hydrogen-bond donors (Lipinski definition) is 2. The summed E-state index contributed by atoms with van der Waals surface area (Å²) in [5, 5.41) is 5.48. The van der Waals surface area contributed by atoms with Gasteiger partial charge in [-0.1, -0.05) is 18.3 Å². The number of anilines is 1. The van der Waals surface area contributed by atoms with E-state index < -0.39 is 0 Å². The first-order chi connectivity index (χ1) is 8.66. The van der Waals surface area contributed by atoms with Gasteiger partial charge in [0.25, 0.3) is 0 Å². The molecule has 0 aliphatic heterocycles. The number of rotatable bonds is 5. The zero-order chi connectivity index (χ0) is 13.0. The Kier molecular flexibility index (Phi) is 4.74. The molecule has 18 heavy (non-hydrogen) atoms. The maximum absolute atomic E-state index is 5.61. The number of thiocarbonyl (C=S) groups is 1. The molecular weight excluding hydrogens is 328 g/mol. The third-order valence-corrected chi connectivity index (χ3v) is 4.33. The van der Waals surface area contributed by atoms with Gasteiger partial charge >= 0.3 is 0 Å². The summed E-state index contributed by atoms with van der Waals surface area (Å²) in [7, 11) is 0. The molecule has 0 amide bonds. The lowest BCUT2D eigenvalue weighted by Crippen LogP contribution is -2.10. The van der Waals surface area contributed by atoms with Crippen molar-refractivity contribution in [3.63, 3.8) is 0 Å². The number of hydrogen-bond acceptors (Lipinski definition) is 3. The van der Waals surface area contributed by atoms with Crippen molar-refractivity contribution in [3.8, 4) is 0 Å². The first kappa shape index (κ1) is 13.5. The first-order valence-corrected chi connectivity index (χ1v) is 7.60. The summed E-state index contributed by atoms with van der Waals surface area (Å²) in [5.41, 5.74) is 7.55. The van der Waals surface area contributed by atoms with Crippen LogP contribution in [0.1, 0.15) is 10.4 Å². The Morgan fingerprint density at radius 1 is 1.39 bits per heavy atom. The second-order valence-electron chi connectivity index (χ2n) is 3.82. The molecule has 3 N–H and O–H groups in total. The Balaban J connectivity index is 1.94. The van der Waals surface area contributed by atoms with E-state index in [1.54, 1.807) is 11.3 Å². The molecule has 0 fully saturated rings. The van der Waals surface area contributed by atoms with E-state index in [1.165, 1.54) is 4.88 Å². The molecule has 0 aliphatic carbocycles. The molecule has 0 spiro atoms. The van der Waals surface area contributed by atoms with E-state index >= 15 is 0 Å². The van der Waals surface area contributed by atoms with Gasteiger partial charge in [-0.15, -0.1) is 11.3 Å². The third kappa shape index (κ3) is 3.54. The molecule has 2 nitrogen and oxygen atoms in total. The molecule has 94 valence electrons. The van der Waals surface area contributed by atoms with Crippen LogP contribution in [0.3, 0.4) is 0 Å². The maximum atomic E-state index is 5.61. The Bertz CT molecular complexity index is 538. The van der Waals surface area contributed by atoms with Crippen molar-refractivity contribution < 1.29 is 0 Å². The van der Waals surface area contributed by atoms with Crippen LogP contribution in [0.4, 0.5) is 5.69 Å². The van der Waals surface area contributed by atoms with E-state index in [9.17, 15) is 0 Å². The van der Waals surface area contributed by atoms with Crippen molar-refractivity contribution in [1.82, 2.24) is 0 Å². The number of nitrogens with one attached hydrogen (secondary N) is 1. The Morgan fingerprint density at radius 3 is 2.83 bits per heavy atom. The Labute approximate surface area is 124 Å². The van der Waals surface area contributed by atoms with Gasteiger partial charge in [0, 0.05) is 27.1 Å². The molecule has 1 heterocycles. The number of nitrogens with two attached hydrogens (primary N) is 1. The SMILES string of the molecule is NC(=S)c1ccc(NCCc2cccs2)cc1Br. The molecule has 1 aromatic carbocycles. The van der Waals surface area contributed by atoms with Crippen molar-refractivity contribution in [2.45, 2.75) is 6.42 Å². The van der Waals surface area contributed by atoms with Crippen LogP contribution < -0.4 is 11.1 Å². The summed E-state index contributed by atoms with van der Waals surface area (Å²) in [6.07, 6.45) is 1.03. The van der Waals surface area contributed by atoms with Crippen LogP contribution in [0.2, 0.25) is 0 Å². The smallest absolute Gasteiger partial charge is 0.105 e. The van der Waals surface area contributed by atoms with Gasteiger partial charge in [-0.3, -0.25) is 0 Å². The number of halogens is 1. The lowest BCUT2D eigenvalue weighted by Gasteiger charge is -2.08. The number of thiophene rings is 1. The summed E-state index contributed by atoms with van der Waals surface area (Å²) in [5.74, 6) is 0. The third-order valence-electron chi connectivity index (χ3n) is 2.52. The van der Waals surface area contributed by atoms with Crippen LogP contribution in [0.25, 0.3) is 0 Å². The minimum Gasteiger partial charge on any atom is -0.389 e. The molecule has 1 aromatic heterocycles. The summed E-state index contributed by atoms with van der Waals surface area (Å²) in [6.45, 7) is 0.916. The lowest BCUT2D eigenvalue weighted by atomic mass is 10.2. The molecule has 0 saturated carbocycles. The summed E-state index contributed by atoms with van der Waals surface area (Å²) >= 11 is 10.2. The number of benzene rings is 1. The molecule has 0 bridgehead atoms. The van der Waals surface area contributed by atoms with Crippen molar-refractivity contribution in [2.75, 3.05) is 11.9 Å². The van der Waals surface area contributed by atoms with Crippen LogP contribution >= 0.6 is 39.5 Å². The molecule has 0 aliphatic rings. The summed E-state index contributed by atoms with van der Waals surface area (Å²) in [4.78, 5) is 1.80. The van der Waals surface area contributed by atoms with Gasteiger partial charge in [-0.25, -0.2) is 0 Å². The highest BCUT2D eigenvalue weighted by Crippen LogP contribution is 2.21. The van der Waals surface area contributed by atoms with Crippen LogP contribution in [0, 0.1) is 0 Å². The van der Waals surface area contributed by atoms with E-state index in [0.717, 1.165) is 28.7 Å². The molecule has 2 rings (SSSR count). The van der Waals surface area contributed by atoms with E-state index in [4.69, 9.17) is 18.0 Å². The van der Waals surface area contributed by atoms with Crippen molar-refractivity contribution in [1.29, 1.82) is 0 Å². The fourth-order valence-corrected chi connectivity index (χ4v) is 3.22. The minimum atomic E-state index is 0.409. The van der Waals surface area contributed by atoms with E-state index in [-0.39, 0.29) is 0 Å². The van der Waals surface area contributed by atoms with Gasteiger partial charge in [0.15, 0.2) is 0 Å². The summed E-state index contributed by atoms with van der Waals surface area (Å²) in [6, 6.07) is 10.2. The Morgan fingerprint density at radius 2 is 2.22 bits per heavy atom. The maximum Gasteiger partial charge on any atom is 0.105 e. The minimum absolute atomic E-state index is 0.409.